The smallest absolute Gasteiger partial charge is 0.286 e. The SMILES string of the molecule is COc1ccc2c(c1)CCCC2C1SC(=O)NC1=O. The highest BCUT2D eigenvalue weighted by Crippen LogP contribution is 2.41. The quantitative estimate of drug-likeness (QED) is 0.902. The zero-order chi connectivity index (χ0) is 13.4. The fourth-order valence-electron chi connectivity index (χ4n) is 2.90. The number of benzene rings is 1. The molecule has 5 heteroatoms. The van der Waals surface area contributed by atoms with E-state index in [1.165, 1.54) is 11.1 Å². The van der Waals surface area contributed by atoms with Crippen LogP contribution < -0.4 is 10.1 Å². The van der Waals surface area contributed by atoms with Crippen LogP contribution in [0.25, 0.3) is 0 Å². The van der Waals surface area contributed by atoms with Gasteiger partial charge in [0.1, 0.15) is 11.0 Å². The predicted octanol–water partition coefficient (Wildman–Crippen LogP) is 2.47. The molecule has 4 nitrogen and oxygen atoms in total. The Balaban J connectivity index is 1.94. The van der Waals surface area contributed by atoms with Crippen LogP contribution in [-0.4, -0.2) is 23.5 Å². The summed E-state index contributed by atoms with van der Waals surface area (Å²) in [6, 6.07) is 6.01. The van der Waals surface area contributed by atoms with Gasteiger partial charge in [0.2, 0.25) is 5.91 Å². The highest BCUT2D eigenvalue weighted by atomic mass is 32.2. The molecule has 19 heavy (non-hydrogen) atoms. The van der Waals surface area contributed by atoms with Gasteiger partial charge in [0.25, 0.3) is 5.24 Å². The minimum absolute atomic E-state index is 0.131. The maximum Gasteiger partial charge on any atom is 0.286 e. The highest BCUT2D eigenvalue weighted by molar-refractivity contribution is 8.15. The molecule has 3 rings (SSSR count). The third kappa shape index (κ3) is 2.23. The van der Waals surface area contributed by atoms with Crippen molar-refractivity contribution in [2.45, 2.75) is 30.4 Å². The van der Waals surface area contributed by atoms with Crippen LogP contribution in [0.4, 0.5) is 4.79 Å². The number of carbonyl (C=O) groups excluding carboxylic acids is 2. The maximum absolute atomic E-state index is 11.8. The molecule has 2 atom stereocenters. The lowest BCUT2D eigenvalue weighted by molar-refractivity contribution is -0.119. The van der Waals surface area contributed by atoms with E-state index in [1.54, 1.807) is 7.11 Å². The van der Waals surface area contributed by atoms with Crippen molar-refractivity contribution in [3.05, 3.63) is 29.3 Å². The van der Waals surface area contributed by atoms with Gasteiger partial charge >= 0.3 is 0 Å². The second-order valence-electron chi connectivity index (χ2n) is 4.88. The summed E-state index contributed by atoms with van der Waals surface area (Å²) < 4.78 is 5.24. The number of ether oxygens (including phenoxy) is 1. The molecule has 2 aliphatic rings. The van der Waals surface area contributed by atoms with Crippen molar-refractivity contribution in [2.24, 2.45) is 0 Å². The summed E-state index contributed by atoms with van der Waals surface area (Å²) in [5.74, 6) is 0.828. The van der Waals surface area contributed by atoms with Crippen LogP contribution in [0.1, 0.15) is 29.9 Å². The van der Waals surface area contributed by atoms with Crippen molar-refractivity contribution in [1.82, 2.24) is 5.32 Å². The first-order valence-electron chi connectivity index (χ1n) is 6.37. The number of hydrogen-bond donors (Lipinski definition) is 1. The molecular formula is C14H15NO3S. The second-order valence-corrected chi connectivity index (χ2v) is 5.99. The van der Waals surface area contributed by atoms with E-state index in [2.05, 4.69) is 5.32 Å². The summed E-state index contributed by atoms with van der Waals surface area (Å²) >= 11 is 1.12. The molecule has 1 fully saturated rings. The van der Waals surface area contributed by atoms with Crippen LogP contribution in [0.5, 0.6) is 5.75 Å². The van der Waals surface area contributed by atoms with Gasteiger partial charge in [-0.3, -0.25) is 14.9 Å². The van der Waals surface area contributed by atoms with E-state index in [9.17, 15) is 9.59 Å². The minimum atomic E-state index is -0.278. The first kappa shape index (κ1) is 12.5. The molecule has 1 heterocycles. The van der Waals surface area contributed by atoms with Gasteiger partial charge in [-0.2, -0.15) is 0 Å². The van der Waals surface area contributed by atoms with Crippen molar-refractivity contribution < 1.29 is 14.3 Å². The Morgan fingerprint density at radius 3 is 2.89 bits per heavy atom. The van der Waals surface area contributed by atoms with Gasteiger partial charge < -0.3 is 4.74 Å². The third-order valence-corrected chi connectivity index (χ3v) is 4.91. The van der Waals surface area contributed by atoms with Gasteiger partial charge in [0, 0.05) is 5.92 Å². The van der Waals surface area contributed by atoms with Crippen molar-refractivity contribution in [3.63, 3.8) is 0 Å². The van der Waals surface area contributed by atoms with Gasteiger partial charge in [-0.1, -0.05) is 17.8 Å². The van der Waals surface area contributed by atoms with E-state index in [0.717, 1.165) is 36.8 Å². The summed E-state index contributed by atoms with van der Waals surface area (Å²) in [7, 11) is 1.65. The van der Waals surface area contributed by atoms with Crippen molar-refractivity contribution in [3.8, 4) is 5.75 Å². The number of imide groups is 1. The summed E-state index contributed by atoms with van der Waals surface area (Å²) in [4.78, 5) is 23.2. The molecule has 100 valence electrons. The molecular weight excluding hydrogens is 262 g/mol. The Bertz CT molecular complexity index is 543. The topological polar surface area (TPSA) is 55.4 Å². The number of nitrogens with one attached hydrogen (secondary N) is 1. The average molecular weight is 277 g/mol. The standard InChI is InChI=1S/C14H15NO3S/c1-18-9-5-6-10-8(7-9)3-2-4-11(10)12-13(16)15-14(17)19-12/h5-7,11-12H,2-4H2,1H3,(H,15,16,17). The van der Waals surface area contributed by atoms with E-state index in [1.807, 2.05) is 18.2 Å². The number of carbonyl (C=O) groups is 2. The molecule has 1 aromatic carbocycles. The number of aryl methyl sites for hydroxylation is 1. The molecule has 0 saturated carbocycles. The molecule has 1 aromatic rings. The van der Waals surface area contributed by atoms with Crippen molar-refractivity contribution in [2.75, 3.05) is 7.11 Å². The summed E-state index contributed by atoms with van der Waals surface area (Å²) in [6.07, 6.45) is 3.01. The molecule has 0 radical (unpaired) electrons. The monoisotopic (exact) mass is 277 g/mol. The van der Waals surface area contributed by atoms with E-state index >= 15 is 0 Å². The Morgan fingerprint density at radius 2 is 2.21 bits per heavy atom. The van der Waals surface area contributed by atoms with Gasteiger partial charge in [-0.05, 0) is 42.5 Å². The zero-order valence-electron chi connectivity index (χ0n) is 10.6. The lowest BCUT2D eigenvalue weighted by atomic mass is 9.80. The van der Waals surface area contributed by atoms with Crippen molar-refractivity contribution >= 4 is 22.9 Å². The molecule has 1 aliphatic heterocycles. The number of rotatable bonds is 2. The average Bonchev–Trinajstić information content (AvgIpc) is 2.76. The second kappa shape index (κ2) is 4.89. The van der Waals surface area contributed by atoms with Gasteiger partial charge in [0.05, 0.1) is 7.11 Å². The maximum atomic E-state index is 11.8. The van der Waals surface area contributed by atoms with E-state index in [4.69, 9.17) is 4.74 Å². The van der Waals surface area contributed by atoms with E-state index in [-0.39, 0.29) is 22.3 Å². The summed E-state index contributed by atoms with van der Waals surface area (Å²) in [5, 5.41) is 1.87. The third-order valence-electron chi connectivity index (χ3n) is 3.79. The number of hydrogen-bond acceptors (Lipinski definition) is 4. The van der Waals surface area contributed by atoms with Gasteiger partial charge in [0.15, 0.2) is 0 Å². The lowest BCUT2D eigenvalue weighted by Gasteiger charge is -2.28. The van der Waals surface area contributed by atoms with Crippen LogP contribution in [0.3, 0.4) is 0 Å². The van der Waals surface area contributed by atoms with Crippen LogP contribution in [-0.2, 0) is 11.2 Å². The van der Waals surface area contributed by atoms with E-state index in [0.29, 0.717) is 0 Å². The number of thioether (sulfide) groups is 1. The fourth-order valence-corrected chi connectivity index (χ4v) is 3.91. The van der Waals surface area contributed by atoms with Crippen LogP contribution >= 0.6 is 11.8 Å². The molecule has 2 unspecified atom stereocenters. The fraction of sp³-hybridized carbons (Fsp3) is 0.429. The number of fused-ring (bicyclic) bond motifs is 1. The van der Waals surface area contributed by atoms with Crippen LogP contribution in [0.2, 0.25) is 0 Å². The van der Waals surface area contributed by atoms with Gasteiger partial charge in [-0.15, -0.1) is 0 Å². The lowest BCUT2D eigenvalue weighted by Crippen LogP contribution is -2.30. The zero-order valence-corrected chi connectivity index (χ0v) is 11.5. The molecule has 0 spiro atoms. The summed E-state index contributed by atoms with van der Waals surface area (Å²) in [5.41, 5.74) is 2.43. The molecule has 1 aliphatic carbocycles. The molecule has 1 N–H and O–H groups in total. The molecule has 2 amide bonds. The summed E-state index contributed by atoms with van der Waals surface area (Å²) in [6.45, 7) is 0. The van der Waals surface area contributed by atoms with Gasteiger partial charge in [-0.25, -0.2) is 0 Å². The number of methoxy groups -OCH3 is 1. The Hall–Kier alpha value is -1.49. The van der Waals surface area contributed by atoms with Crippen molar-refractivity contribution in [1.29, 1.82) is 0 Å². The highest BCUT2D eigenvalue weighted by Gasteiger charge is 2.40. The molecule has 1 saturated heterocycles. The largest absolute Gasteiger partial charge is 0.497 e. The first-order chi connectivity index (χ1) is 9.19. The first-order valence-corrected chi connectivity index (χ1v) is 7.25. The van der Waals surface area contributed by atoms with Crippen LogP contribution in [0, 0.1) is 0 Å². The van der Waals surface area contributed by atoms with E-state index < -0.39 is 0 Å². The normalized spacial score (nSPS) is 25.9. The number of amides is 2. The van der Waals surface area contributed by atoms with Crippen LogP contribution in [0.15, 0.2) is 18.2 Å². The molecule has 0 aromatic heterocycles. The minimum Gasteiger partial charge on any atom is -0.497 e. The Kier molecular flexibility index (Phi) is 3.22. The Morgan fingerprint density at radius 1 is 1.37 bits per heavy atom. The Labute approximate surface area is 115 Å². The molecule has 0 bridgehead atoms. The predicted molar refractivity (Wildman–Crippen MR) is 73.6 cm³/mol.